The molecule has 1 N–H and O–H groups in total. The molecule has 120 valence electrons. The molecular weight excluding hydrogens is 290 g/mol. The molecule has 1 aliphatic carbocycles. The lowest BCUT2D eigenvalue weighted by Crippen LogP contribution is -2.49. The first-order chi connectivity index (χ1) is 11.2. The molecule has 1 amide bonds. The summed E-state index contributed by atoms with van der Waals surface area (Å²) in [6, 6.07) is 4.16. The van der Waals surface area contributed by atoms with Gasteiger partial charge in [0, 0.05) is 50.3 Å². The van der Waals surface area contributed by atoms with E-state index in [-0.39, 0.29) is 17.9 Å². The van der Waals surface area contributed by atoms with Crippen LogP contribution in [0.15, 0.2) is 36.9 Å². The molecule has 0 radical (unpaired) electrons. The predicted octanol–water partition coefficient (Wildman–Crippen LogP) is 1.42. The molecule has 2 aromatic heterocycles. The zero-order valence-corrected chi connectivity index (χ0v) is 13.2. The van der Waals surface area contributed by atoms with Crippen molar-refractivity contribution < 1.29 is 4.79 Å². The molecule has 6 nitrogen and oxygen atoms in total. The summed E-state index contributed by atoms with van der Waals surface area (Å²) in [6.07, 6.45) is 8.21. The molecule has 1 saturated carbocycles. The minimum Gasteiger partial charge on any atom is -0.347 e. The van der Waals surface area contributed by atoms with Gasteiger partial charge < -0.3 is 9.88 Å². The number of aromatic nitrogens is 3. The van der Waals surface area contributed by atoms with Crippen LogP contribution in [0.25, 0.3) is 0 Å². The number of hydrogen-bond acceptors (Lipinski definition) is 4. The molecule has 4 rings (SSSR count). The Hall–Kier alpha value is -2.21. The van der Waals surface area contributed by atoms with Gasteiger partial charge in [0.2, 0.25) is 5.91 Å². The van der Waals surface area contributed by atoms with E-state index in [0.29, 0.717) is 12.5 Å². The Kier molecular flexibility index (Phi) is 3.61. The third kappa shape index (κ3) is 2.74. The number of H-pyrrole nitrogens is 1. The van der Waals surface area contributed by atoms with Gasteiger partial charge in [0.15, 0.2) is 0 Å². The summed E-state index contributed by atoms with van der Waals surface area (Å²) < 4.78 is 0. The van der Waals surface area contributed by atoms with E-state index in [0.717, 1.165) is 25.3 Å². The minimum absolute atomic E-state index is 0.125. The maximum Gasteiger partial charge on any atom is 0.226 e. The van der Waals surface area contributed by atoms with Crippen LogP contribution >= 0.6 is 0 Å². The Balaban J connectivity index is 1.43. The smallest absolute Gasteiger partial charge is 0.226 e. The number of pyridine rings is 1. The third-order valence-corrected chi connectivity index (χ3v) is 5.01. The van der Waals surface area contributed by atoms with Crippen molar-refractivity contribution in [2.45, 2.75) is 18.4 Å². The topological polar surface area (TPSA) is 65.1 Å². The van der Waals surface area contributed by atoms with E-state index in [1.807, 2.05) is 23.4 Å². The zero-order valence-electron chi connectivity index (χ0n) is 13.2. The highest BCUT2D eigenvalue weighted by molar-refractivity contribution is 5.83. The number of hydrogen-bond donors (Lipinski definition) is 1. The summed E-state index contributed by atoms with van der Waals surface area (Å²) in [5.41, 5.74) is 1.18. The Morgan fingerprint density at radius 1 is 1.35 bits per heavy atom. The lowest BCUT2D eigenvalue weighted by Gasteiger charge is -2.38. The average Bonchev–Trinajstić information content (AvgIpc) is 3.21. The zero-order chi connectivity index (χ0) is 15.8. The van der Waals surface area contributed by atoms with E-state index in [2.05, 4.69) is 33.0 Å². The second kappa shape index (κ2) is 5.77. The van der Waals surface area contributed by atoms with E-state index in [4.69, 9.17) is 0 Å². The fraction of sp³-hybridized carbons (Fsp3) is 0.471. The summed E-state index contributed by atoms with van der Waals surface area (Å²) in [7, 11) is 2.09. The SMILES string of the molecule is CN1CCN(C(=O)[C@@H]2C[C@@H]2c2cccnc2)C[C@@H]1c1ncc[nH]1. The van der Waals surface area contributed by atoms with Crippen molar-refractivity contribution in [2.75, 3.05) is 26.7 Å². The van der Waals surface area contributed by atoms with Gasteiger partial charge in [-0.3, -0.25) is 14.7 Å². The number of nitrogens with one attached hydrogen (secondary N) is 1. The van der Waals surface area contributed by atoms with E-state index in [1.54, 1.807) is 12.4 Å². The minimum atomic E-state index is 0.125. The van der Waals surface area contributed by atoms with Gasteiger partial charge in [0.25, 0.3) is 0 Å². The summed E-state index contributed by atoms with van der Waals surface area (Å²) in [4.78, 5) is 28.8. The Bertz CT molecular complexity index is 672. The number of imidazole rings is 1. The number of carbonyl (C=O) groups is 1. The molecule has 0 bridgehead atoms. The number of amides is 1. The third-order valence-electron chi connectivity index (χ3n) is 5.01. The monoisotopic (exact) mass is 311 g/mol. The molecule has 3 atom stereocenters. The van der Waals surface area contributed by atoms with E-state index in [1.165, 1.54) is 5.56 Å². The molecule has 2 aliphatic rings. The van der Waals surface area contributed by atoms with Gasteiger partial charge >= 0.3 is 0 Å². The Morgan fingerprint density at radius 3 is 3.00 bits per heavy atom. The molecule has 23 heavy (non-hydrogen) atoms. The van der Waals surface area contributed by atoms with Crippen LogP contribution < -0.4 is 0 Å². The quantitative estimate of drug-likeness (QED) is 0.931. The van der Waals surface area contributed by atoms with Gasteiger partial charge in [0.05, 0.1) is 6.04 Å². The van der Waals surface area contributed by atoms with Gasteiger partial charge in [-0.1, -0.05) is 6.07 Å². The van der Waals surface area contributed by atoms with Crippen molar-refractivity contribution in [1.82, 2.24) is 24.8 Å². The first-order valence-electron chi connectivity index (χ1n) is 8.12. The van der Waals surface area contributed by atoms with Crippen LogP contribution in [0.3, 0.4) is 0 Å². The van der Waals surface area contributed by atoms with Crippen LogP contribution in [0.5, 0.6) is 0 Å². The number of aromatic amines is 1. The van der Waals surface area contributed by atoms with Crippen molar-refractivity contribution in [1.29, 1.82) is 0 Å². The first kappa shape index (κ1) is 14.4. The maximum absolute atomic E-state index is 12.8. The second-order valence-electron chi connectivity index (χ2n) is 6.49. The van der Waals surface area contributed by atoms with Crippen LogP contribution in [0.1, 0.15) is 29.8 Å². The summed E-state index contributed by atoms with van der Waals surface area (Å²) >= 11 is 0. The van der Waals surface area contributed by atoms with Gasteiger partial charge in [-0.05, 0) is 31.0 Å². The molecule has 2 fully saturated rings. The largest absolute Gasteiger partial charge is 0.347 e. The molecular formula is C17H21N5O. The van der Waals surface area contributed by atoms with Crippen molar-refractivity contribution in [3.05, 3.63) is 48.3 Å². The predicted molar refractivity (Wildman–Crippen MR) is 85.6 cm³/mol. The van der Waals surface area contributed by atoms with Gasteiger partial charge in [-0.2, -0.15) is 0 Å². The molecule has 6 heteroatoms. The average molecular weight is 311 g/mol. The number of rotatable bonds is 3. The number of piperazine rings is 1. The van der Waals surface area contributed by atoms with Crippen molar-refractivity contribution in [3.63, 3.8) is 0 Å². The van der Waals surface area contributed by atoms with Gasteiger partial charge in [0.1, 0.15) is 5.82 Å². The summed E-state index contributed by atoms with van der Waals surface area (Å²) in [5.74, 6) is 1.69. The summed E-state index contributed by atoms with van der Waals surface area (Å²) in [5, 5.41) is 0. The fourth-order valence-corrected chi connectivity index (χ4v) is 3.49. The van der Waals surface area contributed by atoms with Crippen LogP contribution in [0.2, 0.25) is 0 Å². The number of carbonyl (C=O) groups excluding carboxylic acids is 1. The van der Waals surface area contributed by atoms with Crippen molar-refractivity contribution in [3.8, 4) is 0 Å². The van der Waals surface area contributed by atoms with Crippen LogP contribution in [-0.4, -0.2) is 57.3 Å². The number of likely N-dealkylation sites (N-methyl/N-ethyl adjacent to an activating group) is 1. The van der Waals surface area contributed by atoms with E-state index in [9.17, 15) is 4.79 Å². The van der Waals surface area contributed by atoms with Crippen molar-refractivity contribution in [2.24, 2.45) is 5.92 Å². The lowest BCUT2D eigenvalue weighted by molar-refractivity contribution is -0.135. The van der Waals surface area contributed by atoms with Crippen LogP contribution in [-0.2, 0) is 4.79 Å². The van der Waals surface area contributed by atoms with Crippen LogP contribution in [0.4, 0.5) is 0 Å². The normalized spacial score (nSPS) is 27.9. The molecule has 3 heterocycles. The highest BCUT2D eigenvalue weighted by Crippen LogP contribution is 2.48. The molecule has 1 saturated heterocycles. The molecule has 0 spiro atoms. The number of nitrogens with zero attached hydrogens (tertiary/aromatic N) is 4. The Morgan fingerprint density at radius 2 is 2.26 bits per heavy atom. The fourth-order valence-electron chi connectivity index (χ4n) is 3.49. The molecule has 0 aromatic carbocycles. The van der Waals surface area contributed by atoms with Crippen molar-refractivity contribution >= 4 is 5.91 Å². The molecule has 2 aromatic rings. The second-order valence-corrected chi connectivity index (χ2v) is 6.49. The lowest BCUT2D eigenvalue weighted by atomic mass is 10.1. The van der Waals surface area contributed by atoms with E-state index >= 15 is 0 Å². The maximum atomic E-state index is 12.8. The van der Waals surface area contributed by atoms with Gasteiger partial charge in [-0.25, -0.2) is 4.98 Å². The van der Waals surface area contributed by atoms with Crippen LogP contribution in [0, 0.1) is 5.92 Å². The highest BCUT2D eigenvalue weighted by atomic mass is 16.2. The highest BCUT2D eigenvalue weighted by Gasteiger charge is 2.47. The van der Waals surface area contributed by atoms with Gasteiger partial charge in [-0.15, -0.1) is 0 Å². The molecule has 1 aliphatic heterocycles. The summed E-state index contributed by atoms with van der Waals surface area (Å²) in [6.45, 7) is 2.38. The Labute approximate surface area is 135 Å². The van der Waals surface area contributed by atoms with E-state index < -0.39 is 0 Å². The molecule has 0 unspecified atom stereocenters. The first-order valence-corrected chi connectivity index (χ1v) is 8.12. The standard InChI is InChI=1S/C17H21N5O/c1-21-7-8-22(11-15(21)16-19-5-6-20-16)17(23)14-9-13(14)12-3-2-4-18-10-12/h2-6,10,13-15H,7-9,11H2,1H3,(H,19,20)/t13-,14-,15-/m1/s1.